The van der Waals surface area contributed by atoms with E-state index >= 15 is 0 Å². The molecule has 1 atom stereocenters. The fourth-order valence-electron chi connectivity index (χ4n) is 2.26. The number of nitrogens with zero attached hydrogens (tertiary/aromatic N) is 2. The van der Waals surface area contributed by atoms with E-state index in [9.17, 15) is 0 Å². The van der Waals surface area contributed by atoms with Gasteiger partial charge in [0.15, 0.2) is 0 Å². The zero-order valence-electron chi connectivity index (χ0n) is 9.98. The SMILES string of the molecule is CC1CCCCN1Cc1csc(CCN)n1. The monoisotopic (exact) mass is 239 g/mol. The zero-order valence-corrected chi connectivity index (χ0v) is 10.8. The molecular weight excluding hydrogens is 218 g/mol. The van der Waals surface area contributed by atoms with Crippen molar-refractivity contribution in [3.63, 3.8) is 0 Å². The van der Waals surface area contributed by atoms with E-state index in [0.717, 1.165) is 13.0 Å². The van der Waals surface area contributed by atoms with Crippen molar-refractivity contribution in [1.82, 2.24) is 9.88 Å². The minimum absolute atomic E-state index is 0.701. The van der Waals surface area contributed by atoms with Gasteiger partial charge in [-0.2, -0.15) is 0 Å². The smallest absolute Gasteiger partial charge is 0.0941 e. The molecule has 2 N–H and O–H groups in total. The van der Waals surface area contributed by atoms with Crippen LogP contribution in [0.5, 0.6) is 0 Å². The van der Waals surface area contributed by atoms with Crippen LogP contribution in [0.15, 0.2) is 5.38 Å². The fourth-order valence-corrected chi connectivity index (χ4v) is 3.07. The molecule has 3 nitrogen and oxygen atoms in total. The molecular formula is C12H21N3S. The average molecular weight is 239 g/mol. The summed E-state index contributed by atoms with van der Waals surface area (Å²) in [6, 6.07) is 0.716. The quantitative estimate of drug-likeness (QED) is 0.874. The lowest BCUT2D eigenvalue weighted by Crippen LogP contribution is -2.36. The molecule has 0 radical (unpaired) electrons. The molecule has 1 aliphatic heterocycles. The van der Waals surface area contributed by atoms with Gasteiger partial charge in [-0.1, -0.05) is 6.42 Å². The second-order valence-electron chi connectivity index (χ2n) is 4.59. The molecule has 0 saturated carbocycles. The summed E-state index contributed by atoms with van der Waals surface area (Å²) in [5.74, 6) is 0. The number of hydrogen-bond acceptors (Lipinski definition) is 4. The lowest BCUT2D eigenvalue weighted by atomic mass is 10.0. The number of nitrogens with two attached hydrogens (primary N) is 1. The first kappa shape index (κ1) is 12.0. The predicted octanol–water partition coefficient (Wildman–Crippen LogP) is 2.02. The summed E-state index contributed by atoms with van der Waals surface area (Å²) >= 11 is 1.75. The van der Waals surface area contributed by atoms with Crippen molar-refractivity contribution in [3.8, 4) is 0 Å². The molecule has 0 aromatic carbocycles. The Morgan fingerprint density at radius 2 is 2.44 bits per heavy atom. The number of rotatable bonds is 4. The lowest BCUT2D eigenvalue weighted by molar-refractivity contribution is 0.151. The molecule has 0 amide bonds. The summed E-state index contributed by atoms with van der Waals surface area (Å²) in [6.07, 6.45) is 4.97. The maximum atomic E-state index is 5.53. The highest BCUT2D eigenvalue weighted by atomic mass is 32.1. The van der Waals surface area contributed by atoms with Crippen LogP contribution >= 0.6 is 11.3 Å². The Balaban J connectivity index is 1.91. The molecule has 1 unspecified atom stereocenters. The Bertz CT molecular complexity index is 324. The van der Waals surface area contributed by atoms with Crippen LogP contribution in [0.1, 0.15) is 36.9 Å². The normalized spacial score (nSPS) is 22.5. The van der Waals surface area contributed by atoms with Crippen LogP contribution in [-0.2, 0) is 13.0 Å². The fraction of sp³-hybridized carbons (Fsp3) is 0.750. The first-order valence-electron chi connectivity index (χ1n) is 6.17. The first-order chi connectivity index (χ1) is 7.79. The summed E-state index contributed by atoms with van der Waals surface area (Å²) in [4.78, 5) is 7.17. The van der Waals surface area contributed by atoms with Gasteiger partial charge in [0.25, 0.3) is 0 Å². The Hall–Kier alpha value is -0.450. The molecule has 1 aromatic heterocycles. The van der Waals surface area contributed by atoms with E-state index in [2.05, 4.69) is 22.2 Å². The number of thiazole rings is 1. The maximum absolute atomic E-state index is 5.53. The molecule has 0 spiro atoms. The third-order valence-electron chi connectivity index (χ3n) is 3.26. The largest absolute Gasteiger partial charge is 0.330 e. The summed E-state index contributed by atoms with van der Waals surface area (Å²) in [5.41, 5.74) is 6.76. The van der Waals surface area contributed by atoms with Crippen LogP contribution in [0.2, 0.25) is 0 Å². The molecule has 1 fully saturated rings. The van der Waals surface area contributed by atoms with Crippen molar-refractivity contribution in [2.45, 2.75) is 45.2 Å². The van der Waals surface area contributed by atoms with Crippen molar-refractivity contribution < 1.29 is 0 Å². The predicted molar refractivity (Wildman–Crippen MR) is 68.6 cm³/mol. The van der Waals surface area contributed by atoms with Crippen molar-refractivity contribution in [3.05, 3.63) is 16.1 Å². The first-order valence-corrected chi connectivity index (χ1v) is 7.05. The molecule has 1 saturated heterocycles. The standard InChI is InChI=1S/C12H21N3S/c1-10-4-2-3-7-15(10)8-11-9-16-12(14-11)5-6-13/h9-10H,2-8,13H2,1H3. The Kier molecular flexibility index (Phi) is 4.32. The lowest BCUT2D eigenvalue weighted by Gasteiger charge is -2.32. The zero-order chi connectivity index (χ0) is 11.4. The van der Waals surface area contributed by atoms with E-state index in [1.165, 1.54) is 36.5 Å². The third kappa shape index (κ3) is 3.03. The Morgan fingerprint density at radius 3 is 3.19 bits per heavy atom. The van der Waals surface area contributed by atoms with Crippen molar-refractivity contribution >= 4 is 11.3 Å². The molecule has 2 heterocycles. The maximum Gasteiger partial charge on any atom is 0.0941 e. The topological polar surface area (TPSA) is 42.1 Å². The van der Waals surface area contributed by atoms with Crippen molar-refractivity contribution in [2.75, 3.05) is 13.1 Å². The number of piperidine rings is 1. The number of aromatic nitrogens is 1. The minimum atomic E-state index is 0.701. The molecule has 1 aromatic rings. The van der Waals surface area contributed by atoms with Gasteiger partial charge in [0.1, 0.15) is 0 Å². The van der Waals surface area contributed by atoms with Gasteiger partial charge in [0.05, 0.1) is 10.7 Å². The summed E-state index contributed by atoms with van der Waals surface area (Å²) in [5, 5.41) is 3.37. The van der Waals surface area contributed by atoms with Crippen molar-refractivity contribution in [1.29, 1.82) is 0 Å². The molecule has 16 heavy (non-hydrogen) atoms. The van der Waals surface area contributed by atoms with E-state index in [1.54, 1.807) is 11.3 Å². The molecule has 90 valence electrons. The second-order valence-corrected chi connectivity index (χ2v) is 5.53. The van der Waals surface area contributed by atoms with Gasteiger partial charge in [-0.05, 0) is 32.9 Å². The molecule has 0 bridgehead atoms. The van der Waals surface area contributed by atoms with Gasteiger partial charge in [0.2, 0.25) is 0 Å². The summed E-state index contributed by atoms with van der Waals surface area (Å²) < 4.78 is 0. The van der Waals surface area contributed by atoms with E-state index in [1.807, 2.05) is 0 Å². The van der Waals surface area contributed by atoms with Crippen molar-refractivity contribution in [2.24, 2.45) is 5.73 Å². The number of hydrogen-bond donors (Lipinski definition) is 1. The highest BCUT2D eigenvalue weighted by Crippen LogP contribution is 2.20. The third-order valence-corrected chi connectivity index (χ3v) is 4.22. The van der Waals surface area contributed by atoms with Crippen LogP contribution in [-0.4, -0.2) is 29.0 Å². The Morgan fingerprint density at radius 1 is 1.56 bits per heavy atom. The van der Waals surface area contributed by atoms with Crippen LogP contribution in [0, 0.1) is 0 Å². The van der Waals surface area contributed by atoms with E-state index in [4.69, 9.17) is 5.73 Å². The van der Waals surface area contributed by atoms with E-state index in [0.29, 0.717) is 12.6 Å². The average Bonchev–Trinajstić information content (AvgIpc) is 2.70. The number of likely N-dealkylation sites (tertiary alicyclic amines) is 1. The van der Waals surface area contributed by atoms with E-state index < -0.39 is 0 Å². The highest BCUT2D eigenvalue weighted by molar-refractivity contribution is 7.09. The summed E-state index contributed by atoms with van der Waals surface area (Å²) in [6.45, 7) is 5.27. The van der Waals surface area contributed by atoms with Crippen LogP contribution in [0.25, 0.3) is 0 Å². The van der Waals surface area contributed by atoms with Crippen LogP contribution < -0.4 is 5.73 Å². The summed E-state index contributed by atoms with van der Waals surface area (Å²) in [7, 11) is 0. The van der Waals surface area contributed by atoms with Gasteiger partial charge in [-0.15, -0.1) is 11.3 Å². The van der Waals surface area contributed by atoms with E-state index in [-0.39, 0.29) is 0 Å². The molecule has 2 rings (SSSR count). The second kappa shape index (κ2) is 5.75. The van der Waals surface area contributed by atoms with Gasteiger partial charge < -0.3 is 5.73 Å². The molecule has 1 aliphatic rings. The van der Waals surface area contributed by atoms with Gasteiger partial charge >= 0.3 is 0 Å². The minimum Gasteiger partial charge on any atom is -0.330 e. The van der Waals surface area contributed by atoms with Gasteiger partial charge in [0, 0.05) is 24.4 Å². The van der Waals surface area contributed by atoms with Gasteiger partial charge in [-0.3, -0.25) is 4.90 Å². The molecule has 0 aliphatic carbocycles. The van der Waals surface area contributed by atoms with Gasteiger partial charge in [-0.25, -0.2) is 4.98 Å². The molecule has 4 heteroatoms. The van der Waals surface area contributed by atoms with Crippen LogP contribution in [0.4, 0.5) is 0 Å². The highest BCUT2D eigenvalue weighted by Gasteiger charge is 2.18. The van der Waals surface area contributed by atoms with Crippen LogP contribution in [0.3, 0.4) is 0 Å². The Labute approximate surface area is 102 Å².